The molecule has 1 atom stereocenters. The average molecular weight is 495 g/mol. The zero-order chi connectivity index (χ0) is 23.7. The predicted molar refractivity (Wildman–Crippen MR) is 132 cm³/mol. The van der Waals surface area contributed by atoms with Crippen LogP contribution in [0.3, 0.4) is 0 Å². The number of carbonyl (C=O) groups is 2. The van der Waals surface area contributed by atoms with Crippen molar-refractivity contribution >= 4 is 45.1 Å². The van der Waals surface area contributed by atoms with Gasteiger partial charge < -0.3 is 19.4 Å². The Kier molecular flexibility index (Phi) is 6.25. The highest BCUT2D eigenvalue weighted by Crippen LogP contribution is 2.32. The van der Waals surface area contributed by atoms with Crippen molar-refractivity contribution in [1.82, 2.24) is 20.2 Å². The lowest BCUT2D eigenvalue weighted by Gasteiger charge is -2.23. The van der Waals surface area contributed by atoms with Crippen molar-refractivity contribution in [3.63, 3.8) is 0 Å². The summed E-state index contributed by atoms with van der Waals surface area (Å²) in [4.78, 5) is 36.8. The van der Waals surface area contributed by atoms with Gasteiger partial charge in [-0.25, -0.2) is 9.97 Å². The van der Waals surface area contributed by atoms with Crippen LogP contribution in [0.4, 0.5) is 0 Å². The van der Waals surface area contributed by atoms with Gasteiger partial charge in [-0.3, -0.25) is 9.59 Å². The lowest BCUT2D eigenvalue weighted by atomic mass is 10.1. The topological polar surface area (TPSA) is 97.6 Å². The van der Waals surface area contributed by atoms with Crippen LogP contribution in [0.25, 0.3) is 21.5 Å². The molecular formula is C24H22N4O4S2. The molecule has 10 heteroatoms. The van der Waals surface area contributed by atoms with Crippen molar-refractivity contribution in [3.8, 4) is 17.1 Å². The molecule has 8 nitrogen and oxygen atoms in total. The predicted octanol–water partition coefficient (Wildman–Crippen LogP) is 4.21. The molecule has 1 unspecified atom stereocenters. The van der Waals surface area contributed by atoms with E-state index in [4.69, 9.17) is 9.15 Å². The number of nitrogens with zero attached hydrogens (tertiary/aromatic N) is 3. The molecule has 1 aliphatic heterocycles. The van der Waals surface area contributed by atoms with E-state index in [1.807, 2.05) is 36.4 Å². The summed E-state index contributed by atoms with van der Waals surface area (Å²) >= 11 is 3.07. The molecule has 0 radical (unpaired) electrons. The van der Waals surface area contributed by atoms with Gasteiger partial charge in [0.1, 0.15) is 5.75 Å². The molecule has 0 saturated carbocycles. The Hall–Kier alpha value is -3.37. The second-order valence-corrected chi connectivity index (χ2v) is 9.82. The first-order chi connectivity index (χ1) is 16.5. The first-order valence-corrected chi connectivity index (χ1v) is 12.6. The highest BCUT2D eigenvalue weighted by molar-refractivity contribution is 8.00. The molecule has 34 heavy (non-hydrogen) atoms. The summed E-state index contributed by atoms with van der Waals surface area (Å²) in [5, 5.41) is 2.79. The van der Waals surface area contributed by atoms with Gasteiger partial charge in [-0.1, -0.05) is 18.2 Å². The number of rotatable bonds is 6. The molecule has 1 fully saturated rings. The standard InChI is InChI=1S/C24H22N4O4S2/c1-14-27-20(21(32-14)15-5-3-6-16(11-15)31-2)24(30)28-9-10-33-19(28)12-25-23(29)17-7-4-8-18-22(17)34-13-26-18/h3-8,11,13,19H,9-10,12H2,1-2H3,(H,25,29). The molecule has 0 bridgehead atoms. The van der Waals surface area contributed by atoms with Gasteiger partial charge >= 0.3 is 0 Å². The van der Waals surface area contributed by atoms with Crippen molar-refractivity contribution in [3.05, 3.63) is 65.1 Å². The van der Waals surface area contributed by atoms with Crippen LogP contribution < -0.4 is 10.1 Å². The fraction of sp³-hybridized carbons (Fsp3) is 0.250. The van der Waals surface area contributed by atoms with Gasteiger partial charge in [0.2, 0.25) is 0 Å². The van der Waals surface area contributed by atoms with E-state index in [9.17, 15) is 9.59 Å². The van der Waals surface area contributed by atoms with Gasteiger partial charge in [-0.05, 0) is 24.3 Å². The minimum atomic E-state index is -0.219. The lowest BCUT2D eigenvalue weighted by molar-refractivity contribution is 0.0746. The minimum Gasteiger partial charge on any atom is -0.497 e. The van der Waals surface area contributed by atoms with Crippen LogP contribution in [0.15, 0.2) is 52.4 Å². The number of thioether (sulfide) groups is 1. The van der Waals surface area contributed by atoms with Crippen LogP contribution in [-0.2, 0) is 0 Å². The van der Waals surface area contributed by atoms with E-state index in [1.165, 1.54) is 11.3 Å². The summed E-state index contributed by atoms with van der Waals surface area (Å²) in [6, 6.07) is 12.8. The first-order valence-electron chi connectivity index (χ1n) is 10.7. The molecule has 2 aromatic heterocycles. The highest BCUT2D eigenvalue weighted by Gasteiger charge is 2.34. The summed E-state index contributed by atoms with van der Waals surface area (Å²) in [6.45, 7) is 2.62. The number of ether oxygens (including phenoxy) is 1. The minimum absolute atomic E-state index is 0.177. The van der Waals surface area contributed by atoms with Gasteiger partial charge in [-0.15, -0.1) is 23.1 Å². The maximum absolute atomic E-state index is 13.5. The average Bonchev–Trinajstić information content (AvgIpc) is 3.61. The molecule has 2 aromatic carbocycles. The Bertz CT molecular complexity index is 1370. The third-order valence-corrected chi connectivity index (χ3v) is 7.66. The number of aryl methyl sites for hydroxylation is 1. The Balaban J connectivity index is 1.34. The molecule has 2 amide bonds. The fourth-order valence-corrected chi connectivity index (χ4v) is 5.89. The third-order valence-electron chi connectivity index (χ3n) is 5.56. The molecule has 174 valence electrons. The van der Waals surface area contributed by atoms with Gasteiger partial charge in [0.15, 0.2) is 17.3 Å². The number of aromatic nitrogens is 2. The van der Waals surface area contributed by atoms with Crippen molar-refractivity contribution < 1.29 is 18.7 Å². The molecule has 0 aliphatic carbocycles. The van der Waals surface area contributed by atoms with Crippen LogP contribution in [-0.4, -0.2) is 58.0 Å². The zero-order valence-electron chi connectivity index (χ0n) is 18.6. The van der Waals surface area contributed by atoms with Crippen LogP contribution in [0.1, 0.15) is 26.7 Å². The Morgan fingerprint density at radius 3 is 2.97 bits per heavy atom. The van der Waals surface area contributed by atoms with Crippen LogP contribution in [0.5, 0.6) is 5.75 Å². The summed E-state index contributed by atoms with van der Waals surface area (Å²) in [6.07, 6.45) is 0. The van der Waals surface area contributed by atoms with Crippen LogP contribution in [0, 0.1) is 6.92 Å². The molecule has 4 aromatic rings. The van der Waals surface area contributed by atoms with E-state index in [0.717, 1.165) is 21.5 Å². The maximum Gasteiger partial charge on any atom is 0.277 e. The largest absolute Gasteiger partial charge is 0.497 e. The van der Waals surface area contributed by atoms with Crippen LogP contribution >= 0.6 is 23.1 Å². The van der Waals surface area contributed by atoms with E-state index >= 15 is 0 Å². The number of carbonyl (C=O) groups excluding carboxylic acids is 2. The zero-order valence-corrected chi connectivity index (χ0v) is 20.2. The molecule has 0 spiro atoms. The number of benzene rings is 2. The second kappa shape index (κ2) is 9.47. The van der Waals surface area contributed by atoms with E-state index in [0.29, 0.717) is 36.1 Å². The molecule has 1 N–H and O–H groups in total. The Morgan fingerprint density at radius 2 is 2.12 bits per heavy atom. The number of amides is 2. The van der Waals surface area contributed by atoms with Crippen molar-refractivity contribution in [2.24, 2.45) is 0 Å². The number of oxazole rings is 1. The number of thiazole rings is 1. The maximum atomic E-state index is 13.5. The van der Waals surface area contributed by atoms with E-state index in [2.05, 4.69) is 15.3 Å². The molecule has 1 aliphatic rings. The first kappa shape index (κ1) is 22.4. The molecular weight excluding hydrogens is 472 g/mol. The monoisotopic (exact) mass is 494 g/mol. The number of hydrogen-bond acceptors (Lipinski definition) is 8. The SMILES string of the molecule is COc1cccc(-c2oc(C)nc2C(=O)N2CCSC2CNC(=O)c2cccc3ncsc23)c1. The summed E-state index contributed by atoms with van der Waals surface area (Å²) in [5.74, 6) is 1.88. The molecule has 1 saturated heterocycles. The fourth-order valence-electron chi connectivity index (χ4n) is 3.93. The number of methoxy groups -OCH3 is 1. The smallest absolute Gasteiger partial charge is 0.277 e. The molecule has 3 heterocycles. The van der Waals surface area contributed by atoms with Crippen molar-refractivity contribution in [1.29, 1.82) is 0 Å². The number of hydrogen-bond donors (Lipinski definition) is 1. The third kappa shape index (κ3) is 4.26. The highest BCUT2D eigenvalue weighted by atomic mass is 32.2. The van der Waals surface area contributed by atoms with Gasteiger partial charge in [0.05, 0.1) is 33.8 Å². The quantitative estimate of drug-likeness (QED) is 0.429. The Morgan fingerprint density at radius 1 is 1.26 bits per heavy atom. The normalized spacial score (nSPS) is 15.6. The summed E-state index contributed by atoms with van der Waals surface area (Å²) < 4.78 is 12.0. The molecule has 5 rings (SSSR count). The number of fused-ring (bicyclic) bond motifs is 1. The van der Waals surface area contributed by atoms with E-state index < -0.39 is 0 Å². The second-order valence-electron chi connectivity index (χ2n) is 7.68. The number of nitrogens with one attached hydrogen (secondary N) is 1. The van der Waals surface area contributed by atoms with Gasteiger partial charge in [0.25, 0.3) is 11.8 Å². The van der Waals surface area contributed by atoms with Gasteiger partial charge in [-0.2, -0.15) is 0 Å². The van der Waals surface area contributed by atoms with Crippen molar-refractivity contribution in [2.45, 2.75) is 12.3 Å². The van der Waals surface area contributed by atoms with Crippen molar-refractivity contribution in [2.75, 3.05) is 26.0 Å². The lowest BCUT2D eigenvalue weighted by Crippen LogP contribution is -2.42. The van der Waals surface area contributed by atoms with E-state index in [-0.39, 0.29) is 22.9 Å². The summed E-state index contributed by atoms with van der Waals surface area (Å²) in [7, 11) is 1.59. The summed E-state index contributed by atoms with van der Waals surface area (Å²) in [5.41, 5.74) is 4.11. The van der Waals surface area contributed by atoms with Crippen LogP contribution in [0.2, 0.25) is 0 Å². The van der Waals surface area contributed by atoms with E-state index in [1.54, 1.807) is 42.3 Å². The van der Waals surface area contributed by atoms with Gasteiger partial charge in [0, 0.05) is 31.3 Å². The Labute approximate surface area is 204 Å².